The molecule has 1 nitrogen and oxygen atoms in total. The predicted octanol–water partition coefficient (Wildman–Crippen LogP) is 5.09. The molecule has 0 saturated carbocycles. The fraction of sp³-hybridized carbons (Fsp3) is 0.133. The lowest BCUT2D eigenvalue weighted by atomic mass is 10.2. The fourth-order valence-corrected chi connectivity index (χ4v) is 3.24. The standard InChI is InChI=1S/C15H12BrNS/c1-10-3-4-11(2)14(7-10)18-15-8-13(16)6-5-12(15)9-17/h3-8H,1-2H3. The second-order valence-electron chi connectivity index (χ2n) is 4.12. The van der Waals surface area contributed by atoms with Crippen molar-refractivity contribution in [2.24, 2.45) is 0 Å². The van der Waals surface area contributed by atoms with E-state index in [1.807, 2.05) is 18.2 Å². The Bertz CT molecular complexity index is 629. The summed E-state index contributed by atoms with van der Waals surface area (Å²) in [5, 5.41) is 9.13. The highest BCUT2D eigenvalue weighted by Crippen LogP contribution is 2.34. The number of benzene rings is 2. The summed E-state index contributed by atoms with van der Waals surface area (Å²) in [5.41, 5.74) is 3.18. The van der Waals surface area contributed by atoms with E-state index in [1.54, 1.807) is 11.8 Å². The Morgan fingerprint density at radius 2 is 1.83 bits per heavy atom. The van der Waals surface area contributed by atoms with Crippen LogP contribution < -0.4 is 0 Å². The number of halogens is 1. The molecule has 0 amide bonds. The van der Waals surface area contributed by atoms with E-state index in [0.29, 0.717) is 5.56 Å². The van der Waals surface area contributed by atoms with E-state index in [-0.39, 0.29) is 0 Å². The van der Waals surface area contributed by atoms with Crippen LogP contribution in [0.15, 0.2) is 50.7 Å². The van der Waals surface area contributed by atoms with E-state index in [0.717, 1.165) is 9.37 Å². The number of nitrogens with zero attached hydrogens (tertiary/aromatic N) is 1. The van der Waals surface area contributed by atoms with Gasteiger partial charge in [0.05, 0.1) is 5.56 Å². The van der Waals surface area contributed by atoms with Crippen LogP contribution in [0.1, 0.15) is 16.7 Å². The molecule has 0 spiro atoms. The summed E-state index contributed by atoms with van der Waals surface area (Å²) in [6.45, 7) is 4.17. The van der Waals surface area contributed by atoms with Gasteiger partial charge < -0.3 is 0 Å². The summed E-state index contributed by atoms with van der Waals surface area (Å²) >= 11 is 5.09. The zero-order valence-corrected chi connectivity index (χ0v) is 12.6. The third-order valence-corrected chi connectivity index (χ3v) is 4.34. The van der Waals surface area contributed by atoms with Crippen molar-refractivity contribution in [3.8, 4) is 6.07 Å². The van der Waals surface area contributed by atoms with Gasteiger partial charge in [-0.3, -0.25) is 0 Å². The molecule has 0 heterocycles. The average molecular weight is 318 g/mol. The summed E-state index contributed by atoms with van der Waals surface area (Å²) in [4.78, 5) is 2.19. The van der Waals surface area contributed by atoms with Crippen LogP contribution in [-0.2, 0) is 0 Å². The maximum absolute atomic E-state index is 9.13. The highest BCUT2D eigenvalue weighted by atomic mass is 79.9. The molecule has 18 heavy (non-hydrogen) atoms. The van der Waals surface area contributed by atoms with Gasteiger partial charge >= 0.3 is 0 Å². The predicted molar refractivity (Wildman–Crippen MR) is 78.9 cm³/mol. The summed E-state index contributed by atoms with van der Waals surface area (Å²) in [5.74, 6) is 0. The molecular formula is C15H12BrNS. The Labute approximate surface area is 120 Å². The maximum atomic E-state index is 9.13. The lowest BCUT2D eigenvalue weighted by molar-refractivity contribution is 1.25. The number of aryl methyl sites for hydroxylation is 2. The molecule has 2 aromatic rings. The second-order valence-corrected chi connectivity index (χ2v) is 6.12. The van der Waals surface area contributed by atoms with E-state index in [9.17, 15) is 0 Å². The van der Waals surface area contributed by atoms with Gasteiger partial charge in [0, 0.05) is 14.3 Å². The molecule has 0 aliphatic rings. The molecule has 0 saturated heterocycles. The number of hydrogen-bond acceptors (Lipinski definition) is 2. The monoisotopic (exact) mass is 317 g/mol. The van der Waals surface area contributed by atoms with Crippen LogP contribution in [0.2, 0.25) is 0 Å². The molecular weight excluding hydrogens is 306 g/mol. The normalized spacial score (nSPS) is 10.1. The summed E-state index contributed by atoms with van der Waals surface area (Å²) in [6, 6.07) is 14.3. The molecule has 2 aromatic carbocycles. The lowest BCUT2D eigenvalue weighted by Gasteiger charge is -2.08. The van der Waals surface area contributed by atoms with Gasteiger partial charge in [-0.15, -0.1) is 0 Å². The molecule has 0 atom stereocenters. The average Bonchev–Trinajstić information content (AvgIpc) is 2.34. The first-order valence-corrected chi connectivity index (χ1v) is 7.16. The molecule has 0 aromatic heterocycles. The molecule has 0 fully saturated rings. The largest absolute Gasteiger partial charge is 0.192 e. The minimum atomic E-state index is 0.712. The molecule has 2 rings (SSSR count). The first-order valence-electron chi connectivity index (χ1n) is 5.55. The van der Waals surface area contributed by atoms with Crippen LogP contribution in [0.3, 0.4) is 0 Å². The van der Waals surface area contributed by atoms with Gasteiger partial charge in [0.2, 0.25) is 0 Å². The van der Waals surface area contributed by atoms with Crippen molar-refractivity contribution in [3.05, 3.63) is 57.6 Å². The van der Waals surface area contributed by atoms with Crippen LogP contribution in [0.4, 0.5) is 0 Å². The quantitative estimate of drug-likeness (QED) is 0.770. The third kappa shape index (κ3) is 2.95. The van der Waals surface area contributed by atoms with Crippen molar-refractivity contribution in [1.29, 1.82) is 5.26 Å². The van der Waals surface area contributed by atoms with Gasteiger partial charge in [0.15, 0.2) is 0 Å². The minimum Gasteiger partial charge on any atom is -0.192 e. The highest BCUT2D eigenvalue weighted by molar-refractivity contribution is 9.10. The van der Waals surface area contributed by atoms with Crippen molar-refractivity contribution in [2.75, 3.05) is 0 Å². The van der Waals surface area contributed by atoms with Crippen LogP contribution in [0.25, 0.3) is 0 Å². The lowest BCUT2D eigenvalue weighted by Crippen LogP contribution is -1.85. The molecule has 0 aliphatic heterocycles. The molecule has 3 heteroatoms. The van der Waals surface area contributed by atoms with Crippen LogP contribution in [0, 0.1) is 25.2 Å². The number of hydrogen-bond donors (Lipinski definition) is 0. The number of rotatable bonds is 2. The van der Waals surface area contributed by atoms with Gasteiger partial charge in [0.1, 0.15) is 6.07 Å². The van der Waals surface area contributed by atoms with Gasteiger partial charge in [0.25, 0.3) is 0 Å². The van der Waals surface area contributed by atoms with Crippen molar-refractivity contribution in [3.63, 3.8) is 0 Å². The molecule has 0 radical (unpaired) electrons. The highest BCUT2D eigenvalue weighted by Gasteiger charge is 2.07. The van der Waals surface area contributed by atoms with E-state index in [1.165, 1.54) is 16.0 Å². The molecule has 0 unspecified atom stereocenters. The Morgan fingerprint density at radius 1 is 1.06 bits per heavy atom. The minimum absolute atomic E-state index is 0.712. The topological polar surface area (TPSA) is 23.8 Å². The van der Waals surface area contributed by atoms with Crippen molar-refractivity contribution in [2.45, 2.75) is 23.6 Å². The summed E-state index contributed by atoms with van der Waals surface area (Å²) in [6.07, 6.45) is 0. The van der Waals surface area contributed by atoms with Crippen LogP contribution in [-0.4, -0.2) is 0 Å². The van der Waals surface area contributed by atoms with Gasteiger partial charge in [-0.2, -0.15) is 5.26 Å². The zero-order chi connectivity index (χ0) is 13.1. The van der Waals surface area contributed by atoms with Gasteiger partial charge in [-0.05, 0) is 49.2 Å². The van der Waals surface area contributed by atoms with Crippen molar-refractivity contribution >= 4 is 27.7 Å². The van der Waals surface area contributed by atoms with E-state index < -0.39 is 0 Å². The molecule has 0 bridgehead atoms. The van der Waals surface area contributed by atoms with Crippen molar-refractivity contribution in [1.82, 2.24) is 0 Å². The SMILES string of the molecule is Cc1ccc(C)c(Sc2cc(Br)ccc2C#N)c1. The fourth-order valence-electron chi connectivity index (χ4n) is 1.61. The maximum Gasteiger partial charge on any atom is 0.100 e. The van der Waals surface area contributed by atoms with E-state index >= 15 is 0 Å². The van der Waals surface area contributed by atoms with Crippen LogP contribution >= 0.6 is 27.7 Å². The van der Waals surface area contributed by atoms with Crippen LogP contribution in [0.5, 0.6) is 0 Å². The van der Waals surface area contributed by atoms with E-state index in [4.69, 9.17) is 5.26 Å². The molecule has 0 N–H and O–H groups in total. The zero-order valence-electron chi connectivity index (χ0n) is 10.2. The molecule has 0 aliphatic carbocycles. The Balaban J connectivity index is 2.43. The van der Waals surface area contributed by atoms with Gasteiger partial charge in [-0.1, -0.05) is 39.8 Å². The number of nitriles is 1. The molecule has 90 valence electrons. The Morgan fingerprint density at radius 3 is 2.56 bits per heavy atom. The Kier molecular flexibility index (Phi) is 4.11. The van der Waals surface area contributed by atoms with Gasteiger partial charge in [-0.25, -0.2) is 0 Å². The first kappa shape index (κ1) is 13.2. The van der Waals surface area contributed by atoms with Crippen molar-refractivity contribution < 1.29 is 0 Å². The summed E-state index contributed by atoms with van der Waals surface area (Å²) in [7, 11) is 0. The first-order chi connectivity index (χ1) is 8.60. The second kappa shape index (κ2) is 5.60. The smallest absolute Gasteiger partial charge is 0.100 e. The van der Waals surface area contributed by atoms with E-state index in [2.05, 4.69) is 54.0 Å². The summed E-state index contributed by atoms with van der Waals surface area (Å²) < 4.78 is 0.995. The Hall–Kier alpha value is -1.24. The third-order valence-electron chi connectivity index (χ3n) is 2.63.